The van der Waals surface area contributed by atoms with Crippen molar-refractivity contribution in [3.05, 3.63) is 63.1 Å². The molecule has 0 unspecified atom stereocenters. The van der Waals surface area contributed by atoms with Gasteiger partial charge in [0.25, 0.3) is 0 Å². The number of benzene rings is 2. The van der Waals surface area contributed by atoms with Crippen LogP contribution in [0.2, 0.25) is 15.1 Å². The normalized spacial score (nSPS) is 12.2. The molecule has 0 saturated carbocycles. The number of nitrogens with zero attached hydrogens (tertiary/aromatic N) is 2. The van der Waals surface area contributed by atoms with E-state index >= 15 is 0 Å². The van der Waals surface area contributed by atoms with Crippen LogP contribution in [0.3, 0.4) is 0 Å². The van der Waals surface area contributed by atoms with E-state index in [0.717, 1.165) is 16.1 Å². The van der Waals surface area contributed by atoms with Gasteiger partial charge in [-0.3, -0.25) is 13.9 Å². The molecule has 0 aliphatic carbocycles. The van der Waals surface area contributed by atoms with E-state index in [1.165, 1.54) is 24.1 Å². The first kappa shape index (κ1) is 27.2. The van der Waals surface area contributed by atoms with Gasteiger partial charge in [-0.15, -0.1) is 0 Å². The van der Waals surface area contributed by atoms with Crippen LogP contribution < -0.4 is 9.62 Å². The Morgan fingerprint density at radius 2 is 1.64 bits per heavy atom. The highest BCUT2D eigenvalue weighted by Crippen LogP contribution is 2.35. The molecule has 0 spiro atoms. The van der Waals surface area contributed by atoms with Crippen molar-refractivity contribution in [2.75, 3.05) is 30.7 Å². The van der Waals surface area contributed by atoms with E-state index in [1.54, 1.807) is 6.92 Å². The van der Waals surface area contributed by atoms with Gasteiger partial charge in [0.15, 0.2) is 0 Å². The minimum absolute atomic E-state index is 0.0248. The Morgan fingerprint density at radius 1 is 1.03 bits per heavy atom. The van der Waals surface area contributed by atoms with E-state index in [1.807, 2.05) is 30.3 Å². The topological polar surface area (TPSA) is 86.8 Å². The van der Waals surface area contributed by atoms with Gasteiger partial charge < -0.3 is 10.2 Å². The number of hydrogen-bond donors (Lipinski definition) is 1. The molecule has 0 saturated heterocycles. The molecule has 2 amide bonds. The summed E-state index contributed by atoms with van der Waals surface area (Å²) in [6.07, 6.45) is 1.81. The number of carbonyl (C=O) groups is 2. The van der Waals surface area contributed by atoms with Crippen molar-refractivity contribution in [3.8, 4) is 0 Å². The van der Waals surface area contributed by atoms with Crippen molar-refractivity contribution in [3.63, 3.8) is 0 Å². The number of amides is 2. The molecule has 0 aliphatic heterocycles. The molecule has 180 valence electrons. The average molecular weight is 535 g/mol. The quantitative estimate of drug-likeness (QED) is 0.467. The SMILES string of the molecule is CC[C@H](C(=O)NC)N(CCc1ccccc1)C(=O)CN(c1cc(Cl)c(Cl)cc1Cl)S(C)(=O)=O. The van der Waals surface area contributed by atoms with E-state index in [4.69, 9.17) is 34.8 Å². The van der Waals surface area contributed by atoms with Gasteiger partial charge in [-0.05, 0) is 30.5 Å². The highest BCUT2D eigenvalue weighted by Gasteiger charge is 2.31. The minimum atomic E-state index is -3.92. The number of halogens is 3. The van der Waals surface area contributed by atoms with E-state index in [0.29, 0.717) is 12.8 Å². The highest BCUT2D eigenvalue weighted by molar-refractivity contribution is 7.92. The Balaban J connectivity index is 2.41. The number of hydrogen-bond acceptors (Lipinski definition) is 4. The lowest BCUT2D eigenvalue weighted by Crippen LogP contribution is -2.52. The number of nitrogens with one attached hydrogen (secondary N) is 1. The summed E-state index contributed by atoms with van der Waals surface area (Å²) in [5.41, 5.74) is 1.01. The molecule has 1 atom stereocenters. The smallest absolute Gasteiger partial charge is 0.244 e. The first-order valence-electron chi connectivity index (χ1n) is 10.2. The second-order valence-corrected chi connectivity index (χ2v) is 10.5. The van der Waals surface area contributed by atoms with Crippen LogP contribution in [0.25, 0.3) is 0 Å². The van der Waals surface area contributed by atoms with Crippen molar-refractivity contribution in [2.24, 2.45) is 0 Å². The number of carbonyl (C=O) groups excluding carboxylic acids is 2. The fraction of sp³-hybridized carbons (Fsp3) is 0.364. The zero-order chi connectivity index (χ0) is 24.8. The fourth-order valence-corrected chi connectivity index (χ4v) is 4.91. The summed E-state index contributed by atoms with van der Waals surface area (Å²) in [5, 5.41) is 2.84. The summed E-state index contributed by atoms with van der Waals surface area (Å²) >= 11 is 18.3. The fourth-order valence-electron chi connectivity index (χ4n) is 3.36. The molecule has 1 N–H and O–H groups in total. The van der Waals surface area contributed by atoms with Crippen LogP contribution in [0, 0.1) is 0 Å². The van der Waals surface area contributed by atoms with Gasteiger partial charge in [-0.25, -0.2) is 8.42 Å². The van der Waals surface area contributed by atoms with Crippen LogP contribution in [-0.2, 0) is 26.0 Å². The maximum atomic E-state index is 13.4. The lowest BCUT2D eigenvalue weighted by Gasteiger charge is -2.32. The van der Waals surface area contributed by atoms with Crippen LogP contribution in [-0.4, -0.2) is 57.6 Å². The Labute approximate surface area is 209 Å². The third-order valence-corrected chi connectivity index (χ3v) is 7.21. The third-order valence-electron chi connectivity index (χ3n) is 5.05. The van der Waals surface area contributed by atoms with E-state index in [-0.39, 0.29) is 33.2 Å². The Kier molecular flexibility index (Phi) is 9.84. The van der Waals surface area contributed by atoms with E-state index < -0.39 is 28.5 Å². The van der Waals surface area contributed by atoms with Gasteiger partial charge in [0.05, 0.1) is 27.0 Å². The molecular formula is C22H26Cl3N3O4S. The number of sulfonamides is 1. The van der Waals surface area contributed by atoms with Gasteiger partial charge in [-0.1, -0.05) is 72.1 Å². The second kappa shape index (κ2) is 11.9. The Morgan fingerprint density at radius 3 is 2.18 bits per heavy atom. The van der Waals surface area contributed by atoms with Crippen molar-refractivity contribution in [1.82, 2.24) is 10.2 Å². The molecule has 7 nitrogen and oxygen atoms in total. The Bertz CT molecular complexity index is 1100. The van der Waals surface area contributed by atoms with E-state index in [2.05, 4.69) is 5.32 Å². The number of likely N-dealkylation sites (N-methyl/N-ethyl adjacent to an activating group) is 1. The minimum Gasteiger partial charge on any atom is -0.357 e. The average Bonchev–Trinajstić information content (AvgIpc) is 2.77. The molecule has 0 aromatic heterocycles. The summed E-state index contributed by atoms with van der Waals surface area (Å²) in [6.45, 7) is 1.45. The molecule has 11 heteroatoms. The molecule has 2 aromatic rings. The third kappa shape index (κ3) is 7.24. The first-order chi connectivity index (χ1) is 15.5. The van der Waals surface area contributed by atoms with Gasteiger partial charge in [0, 0.05) is 13.6 Å². The standard InChI is InChI=1S/C22H26Cl3N3O4S/c1-4-19(22(30)26-2)27(11-10-15-8-6-5-7-9-15)21(29)14-28(33(3,31)32)20-13-17(24)16(23)12-18(20)25/h5-9,12-13,19H,4,10-11,14H2,1-3H3,(H,26,30)/t19-/m1/s1. The number of anilines is 1. The van der Waals surface area contributed by atoms with Gasteiger partial charge in [-0.2, -0.15) is 0 Å². The van der Waals surface area contributed by atoms with Crippen molar-refractivity contribution in [2.45, 2.75) is 25.8 Å². The molecule has 0 radical (unpaired) electrons. The number of rotatable bonds is 10. The van der Waals surface area contributed by atoms with Crippen molar-refractivity contribution < 1.29 is 18.0 Å². The highest BCUT2D eigenvalue weighted by atomic mass is 35.5. The summed E-state index contributed by atoms with van der Waals surface area (Å²) in [6, 6.07) is 11.3. The predicted molar refractivity (Wildman–Crippen MR) is 134 cm³/mol. The Hall–Kier alpha value is -2.00. The van der Waals surface area contributed by atoms with E-state index in [9.17, 15) is 18.0 Å². The van der Waals surface area contributed by atoms with Crippen LogP contribution in [0.5, 0.6) is 0 Å². The summed E-state index contributed by atoms with van der Waals surface area (Å²) in [7, 11) is -2.44. The van der Waals surface area contributed by atoms with Gasteiger partial charge in [0.1, 0.15) is 12.6 Å². The largest absolute Gasteiger partial charge is 0.357 e. The lowest BCUT2D eigenvalue weighted by molar-refractivity contribution is -0.139. The summed E-state index contributed by atoms with van der Waals surface area (Å²) < 4.78 is 26.0. The molecule has 0 bridgehead atoms. The zero-order valence-electron chi connectivity index (χ0n) is 18.5. The molecule has 2 rings (SSSR count). The molecule has 2 aromatic carbocycles. The first-order valence-corrected chi connectivity index (χ1v) is 13.1. The van der Waals surface area contributed by atoms with Crippen LogP contribution in [0.1, 0.15) is 18.9 Å². The second-order valence-electron chi connectivity index (χ2n) is 7.35. The molecule has 0 fully saturated rings. The van der Waals surface area contributed by atoms with Crippen LogP contribution >= 0.6 is 34.8 Å². The van der Waals surface area contributed by atoms with Gasteiger partial charge >= 0.3 is 0 Å². The summed E-state index contributed by atoms with van der Waals surface area (Å²) in [4.78, 5) is 27.3. The maximum absolute atomic E-state index is 13.4. The molecule has 33 heavy (non-hydrogen) atoms. The summed E-state index contributed by atoms with van der Waals surface area (Å²) in [5.74, 6) is -0.883. The van der Waals surface area contributed by atoms with Crippen LogP contribution in [0.4, 0.5) is 5.69 Å². The molecule has 0 heterocycles. The lowest BCUT2D eigenvalue weighted by atomic mass is 10.1. The van der Waals surface area contributed by atoms with Crippen molar-refractivity contribution >= 4 is 62.3 Å². The van der Waals surface area contributed by atoms with Crippen LogP contribution in [0.15, 0.2) is 42.5 Å². The molecular weight excluding hydrogens is 509 g/mol. The predicted octanol–water partition coefficient (Wildman–Crippen LogP) is 4.01. The maximum Gasteiger partial charge on any atom is 0.244 e. The van der Waals surface area contributed by atoms with Gasteiger partial charge in [0.2, 0.25) is 21.8 Å². The van der Waals surface area contributed by atoms with Crippen molar-refractivity contribution in [1.29, 1.82) is 0 Å². The monoisotopic (exact) mass is 533 g/mol. The zero-order valence-corrected chi connectivity index (χ0v) is 21.6. The molecule has 0 aliphatic rings.